The molecule has 0 aliphatic heterocycles. The van der Waals surface area contributed by atoms with Gasteiger partial charge in [-0.15, -0.1) is 0 Å². The summed E-state index contributed by atoms with van der Waals surface area (Å²) in [5.74, 6) is 0.705. The Hall–Kier alpha value is -1.51. The first-order valence-corrected chi connectivity index (χ1v) is 5.78. The molecule has 0 bridgehead atoms. The van der Waals surface area contributed by atoms with Crippen LogP contribution >= 0.6 is 0 Å². The van der Waals surface area contributed by atoms with E-state index in [1.54, 1.807) is 12.1 Å². The fourth-order valence-electron chi connectivity index (χ4n) is 2.06. The molecular weight excluding hydrogens is 200 g/mol. The Labute approximate surface area is 96.0 Å². The van der Waals surface area contributed by atoms with Gasteiger partial charge in [0, 0.05) is 17.3 Å². The summed E-state index contributed by atoms with van der Waals surface area (Å²) in [5.41, 5.74) is 8.02. The van der Waals surface area contributed by atoms with E-state index >= 15 is 0 Å². The molecule has 1 saturated carbocycles. The second-order valence-corrected chi connectivity index (χ2v) is 4.56. The average molecular weight is 218 g/mol. The van der Waals surface area contributed by atoms with Crippen LogP contribution in [0.3, 0.4) is 0 Å². The maximum atomic E-state index is 11.9. The van der Waals surface area contributed by atoms with Gasteiger partial charge in [-0.2, -0.15) is 0 Å². The van der Waals surface area contributed by atoms with Crippen molar-refractivity contribution in [2.75, 3.05) is 5.73 Å². The first kappa shape index (κ1) is 11.0. The molecule has 0 radical (unpaired) electrons. The molecule has 2 atom stereocenters. The third kappa shape index (κ3) is 2.18. The molecule has 0 saturated heterocycles. The Morgan fingerprint density at radius 1 is 1.56 bits per heavy atom. The number of nitrogens with one attached hydrogen (secondary N) is 1. The van der Waals surface area contributed by atoms with Crippen LogP contribution in [0, 0.1) is 12.8 Å². The molecule has 2 rings (SSSR count). The van der Waals surface area contributed by atoms with Crippen molar-refractivity contribution < 1.29 is 4.79 Å². The van der Waals surface area contributed by atoms with Crippen molar-refractivity contribution in [1.82, 2.24) is 5.32 Å². The van der Waals surface area contributed by atoms with Crippen LogP contribution in [0.15, 0.2) is 18.2 Å². The number of benzene rings is 1. The lowest BCUT2D eigenvalue weighted by molar-refractivity contribution is 0.0948. The summed E-state index contributed by atoms with van der Waals surface area (Å²) in [7, 11) is 0. The van der Waals surface area contributed by atoms with E-state index in [4.69, 9.17) is 5.73 Å². The molecule has 1 amide bonds. The number of hydrogen-bond acceptors (Lipinski definition) is 2. The molecule has 0 heterocycles. The minimum atomic E-state index is 0.0263. The lowest BCUT2D eigenvalue weighted by Gasteiger charge is -2.07. The van der Waals surface area contributed by atoms with Gasteiger partial charge in [-0.1, -0.05) is 13.3 Å². The summed E-state index contributed by atoms with van der Waals surface area (Å²) in [6.45, 7) is 4.07. The zero-order valence-electron chi connectivity index (χ0n) is 9.79. The van der Waals surface area contributed by atoms with Gasteiger partial charge in [-0.05, 0) is 43.0 Å². The van der Waals surface area contributed by atoms with Gasteiger partial charge in [0.1, 0.15) is 0 Å². The van der Waals surface area contributed by atoms with E-state index in [9.17, 15) is 4.79 Å². The Balaban J connectivity index is 2.04. The van der Waals surface area contributed by atoms with Crippen LogP contribution in [0.1, 0.15) is 35.7 Å². The normalized spacial score (nSPS) is 22.9. The lowest BCUT2D eigenvalue weighted by atomic mass is 10.1. The molecular formula is C13H18N2O. The van der Waals surface area contributed by atoms with Crippen LogP contribution in [0.4, 0.5) is 5.69 Å². The predicted octanol–water partition coefficient (Wildman–Crippen LogP) is 2.11. The molecule has 2 unspecified atom stereocenters. The second kappa shape index (κ2) is 4.16. The zero-order valence-corrected chi connectivity index (χ0v) is 9.79. The summed E-state index contributed by atoms with van der Waals surface area (Å²) in [6.07, 6.45) is 2.27. The van der Waals surface area contributed by atoms with E-state index in [2.05, 4.69) is 12.2 Å². The number of carbonyl (C=O) groups is 1. The molecule has 3 N–H and O–H groups in total. The Morgan fingerprint density at radius 2 is 2.31 bits per heavy atom. The standard InChI is InChI=1S/C13H18N2O/c1-3-9-7-12(9)15-13(16)11-5-4-10(14)6-8(11)2/h4-6,9,12H,3,7,14H2,1-2H3,(H,15,16). The van der Waals surface area contributed by atoms with Crippen molar-refractivity contribution >= 4 is 11.6 Å². The topological polar surface area (TPSA) is 55.1 Å². The van der Waals surface area contributed by atoms with E-state index in [1.165, 1.54) is 0 Å². The number of hydrogen-bond donors (Lipinski definition) is 2. The van der Waals surface area contributed by atoms with E-state index in [1.807, 2.05) is 13.0 Å². The summed E-state index contributed by atoms with van der Waals surface area (Å²) < 4.78 is 0. The molecule has 3 heteroatoms. The second-order valence-electron chi connectivity index (χ2n) is 4.56. The van der Waals surface area contributed by atoms with Gasteiger partial charge in [-0.3, -0.25) is 4.79 Å². The Morgan fingerprint density at radius 3 is 2.88 bits per heavy atom. The number of anilines is 1. The van der Waals surface area contributed by atoms with Crippen LogP contribution in [-0.4, -0.2) is 11.9 Å². The highest BCUT2D eigenvalue weighted by Gasteiger charge is 2.36. The first-order valence-electron chi connectivity index (χ1n) is 5.78. The maximum Gasteiger partial charge on any atom is 0.251 e. The van der Waals surface area contributed by atoms with Crippen LogP contribution < -0.4 is 11.1 Å². The quantitative estimate of drug-likeness (QED) is 0.763. The summed E-state index contributed by atoms with van der Waals surface area (Å²) in [5, 5.41) is 3.05. The van der Waals surface area contributed by atoms with Crippen LogP contribution in [0.2, 0.25) is 0 Å². The number of nitrogen functional groups attached to an aromatic ring is 1. The third-order valence-corrected chi connectivity index (χ3v) is 3.26. The van der Waals surface area contributed by atoms with Crippen molar-refractivity contribution in [2.24, 2.45) is 5.92 Å². The number of rotatable bonds is 3. The fourth-order valence-corrected chi connectivity index (χ4v) is 2.06. The average Bonchev–Trinajstić information content (AvgIpc) is 2.96. The van der Waals surface area contributed by atoms with E-state index in [-0.39, 0.29) is 5.91 Å². The fraction of sp³-hybridized carbons (Fsp3) is 0.462. The first-order chi connectivity index (χ1) is 7.61. The zero-order chi connectivity index (χ0) is 11.7. The molecule has 1 aliphatic rings. The monoisotopic (exact) mass is 218 g/mol. The SMILES string of the molecule is CCC1CC1NC(=O)c1ccc(N)cc1C. The van der Waals surface area contributed by atoms with Crippen molar-refractivity contribution in [3.63, 3.8) is 0 Å². The van der Waals surface area contributed by atoms with Gasteiger partial charge < -0.3 is 11.1 Å². The Kier molecular flexibility index (Phi) is 2.86. The maximum absolute atomic E-state index is 11.9. The van der Waals surface area contributed by atoms with Gasteiger partial charge in [-0.25, -0.2) is 0 Å². The van der Waals surface area contributed by atoms with Crippen molar-refractivity contribution in [3.05, 3.63) is 29.3 Å². The Bertz CT molecular complexity index is 414. The molecule has 1 aromatic carbocycles. The molecule has 3 nitrogen and oxygen atoms in total. The van der Waals surface area contributed by atoms with Gasteiger partial charge in [0.25, 0.3) is 5.91 Å². The molecule has 1 fully saturated rings. The summed E-state index contributed by atoms with van der Waals surface area (Å²) in [4.78, 5) is 11.9. The minimum absolute atomic E-state index is 0.0263. The van der Waals surface area contributed by atoms with Gasteiger partial charge in [0.2, 0.25) is 0 Å². The lowest BCUT2D eigenvalue weighted by Crippen LogP contribution is -2.27. The largest absolute Gasteiger partial charge is 0.399 e. The van der Waals surface area contributed by atoms with E-state index in [0.29, 0.717) is 17.6 Å². The highest BCUT2D eigenvalue weighted by Crippen LogP contribution is 2.33. The highest BCUT2D eigenvalue weighted by atomic mass is 16.1. The molecule has 16 heavy (non-hydrogen) atoms. The van der Waals surface area contributed by atoms with Gasteiger partial charge in [0.15, 0.2) is 0 Å². The molecule has 86 valence electrons. The number of amides is 1. The van der Waals surface area contributed by atoms with Crippen molar-refractivity contribution in [2.45, 2.75) is 32.7 Å². The molecule has 1 aromatic rings. The van der Waals surface area contributed by atoms with Crippen molar-refractivity contribution in [3.8, 4) is 0 Å². The van der Waals surface area contributed by atoms with Gasteiger partial charge in [0.05, 0.1) is 0 Å². The highest BCUT2D eigenvalue weighted by molar-refractivity contribution is 5.96. The third-order valence-electron chi connectivity index (χ3n) is 3.26. The molecule has 0 spiro atoms. The van der Waals surface area contributed by atoms with Crippen molar-refractivity contribution in [1.29, 1.82) is 0 Å². The smallest absolute Gasteiger partial charge is 0.251 e. The van der Waals surface area contributed by atoms with Crippen LogP contribution in [0.5, 0.6) is 0 Å². The number of nitrogens with two attached hydrogens (primary N) is 1. The predicted molar refractivity (Wildman–Crippen MR) is 65.2 cm³/mol. The van der Waals surface area contributed by atoms with E-state index < -0.39 is 0 Å². The number of carbonyl (C=O) groups excluding carboxylic acids is 1. The molecule has 1 aliphatic carbocycles. The molecule has 0 aromatic heterocycles. The summed E-state index contributed by atoms with van der Waals surface area (Å²) in [6, 6.07) is 5.78. The van der Waals surface area contributed by atoms with Crippen LogP contribution in [-0.2, 0) is 0 Å². The summed E-state index contributed by atoms with van der Waals surface area (Å²) >= 11 is 0. The van der Waals surface area contributed by atoms with Crippen LogP contribution in [0.25, 0.3) is 0 Å². The minimum Gasteiger partial charge on any atom is -0.399 e. The van der Waals surface area contributed by atoms with Gasteiger partial charge >= 0.3 is 0 Å². The van der Waals surface area contributed by atoms with E-state index in [0.717, 1.165) is 24.0 Å². The number of aryl methyl sites for hydroxylation is 1.